The molecule has 25 heavy (non-hydrogen) atoms. The van der Waals surface area contributed by atoms with Crippen molar-refractivity contribution in [3.05, 3.63) is 34.9 Å². The third-order valence-electron chi connectivity index (χ3n) is 3.68. The largest absolute Gasteiger partial charge is 0.455 e. The van der Waals surface area contributed by atoms with Crippen molar-refractivity contribution in [3.63, 3.8) is 0 Å². The van der Waals surface area contributed by atoms with E-state index in [1.165, 1.54) is 0 Å². The molecule has 0 saturated carbocycles. The van der Waals surface area contributed by atoms with E-state index in [1.807, 2.05) is 0 Å². The number of rotatable bonds is 6. The SMILES string of the molecule is NC(=O)N[C@@H](CC(=O)OCC(=O)N1CCOCC1)c1ccc(Cl)cc1. The summed E-state index contributed by atoms with van der Waals surface area (Å²) in [6.45, 7) is 1.56. The number of amides is 3. The summed E-state index contributed by atoms with van der Waals surface area (Å²) in [4.78, 5) is 36.7. The van der Waals surface area contributed by atoms with Crippen LogP contribution in [0.3, 0.4) is 0 Å². The first-order valence-electron chi connectivity index (χ1n) is 7.78. The Balaban J connectivity index is 1.89. The second kappa shape index (κ2) is 9.24. The summed E-state index contributed by atoms with van der Waals surface area (Å²) in [6.07, 6.45) is -0.152. The molecular formula is C16H20ClN3O5. The van der Waals surface area contributed by atoms with Gasteiger partial charge in [-0.15, -0.1) is 0 Å². The van der Waals surface area contributed by atoms with Gasteiger partial charge in [-0.2, -0.15) is 0 Å². The topological polar surface area (TPSA) is 111 Å². The van der Waals surface area contributed by atoms with Crippen LogP contribution in [-0.2, 0) is 19.1 Å². The fourth-order valence-electron chi connectivity index (χ4n) is 2.39. The number of primary amides is 1. The zero-order valence-corrected chi connectivity index (χ0v) is 14.3. The smallest absolute Gasteiger partial charge is 0.312 e. The number of urea groups is 1. The number of nitrogens with one attached hydrogen (secondary N) is 1. The van der Waals surface area contributed by atoms with Crippen molar-refractivity contribution >= 4 is 29.5 Å². The first-order chi connectivity index (χ1) is 12.0. The molecule has 3 N–H and O–H groups in total. The summed E-state index contributed by atoms with van der Waals surface area (Å²) < 4.78 is 10.2. The number of carbonyl (C=O) groups excluding carboxylic acids is 3. The van der Waals surface area contributed by atoms with Gasteiger partial charge in [0.1, 0.15) is 0 Å². The fourth-order valence-corrected chi connectivity index (χ4v) is 2.52. The molecule has 0 aliphatic carbocycles. The van der Waals surface area contributed by atoms with Gasteiger partial charge in [0, 0.05) is 18.1 Å². The first kappa shape index (κ1) is 19.0. The Kier molecular flexibility index (Phi) is 7.03. The predicted octanol–water partition coefficient (Wildman–Crippen LogP) is 0.842. The van der Waals surface area contributed by atoms with Crippen LogP contribution in [0, 0.1) is 0 Å². The molecule has 1 atom stereocenters. The van der Waals surface area contributed by atoms with Crippen LogP contribution in [0.15, 0.2) is 24.3 Å². The predicted molar refractivity (Wildman–Crippen MR) is 89.9 cm³/mol. The van der Waals surface area contributed by atoms with Gasteiger partial charge in [0.05, 0.1) is 25.7 Å². The average molecular weight is 370 g/mol. The van der Waals surface area contributed by atoms with Crippen LogP contribution in [0.1, 0.15) is 18.0 Å². The molecule has 1 fully saturated rings. The molecule has 136 valence electrons. The Morgan fingerprint density at radius 1 is 1.24 bits per heavy atom. The Bertz CT molecular complexity index is 617. The number of halogens is 1. The molecule has 8 nitrogen and oxygen atoms in total. The number of benzene rings is 1. The van der Waals surface area contributed by atoms with Crippen molar-refractivity contribution < 1.29 is 23.9 Å². The minimum atomic E-state index is -0.767. The monoisotopic (exact) mass is 369 g/mol. The molecule has 0 aromatic heterocycles. The Morgan fingerprint density at radius 3 is 2.48 bits per heavy atom. The van der Waals surface area contributed by atoms with Gasteiger partial charge in [0.25, 0.3) is 5.91 Å². The zero-order chi connectivity index (χ0) is 18.2. The lowest BCUT2D eigenvalue weighted by atomic mass is 10.0. The number of nitrogens with zero attached hydrogens (tertiary/aromatic N) is 1. The number of hydrogen-bond acceptors (Lipinski definition) is 5. The highest BCUT2D eigenvalue weighted by atomic mass is 35.5. The lowest BCUT2D eigenvalue weighted by Gasteiger charge is -2.26. The van der Waals surface area contributed by atoms with Crippen LogP contribution in [0.4, 0.5) is 4.79 Å². The highest BCUT2D eigenvalue weighted by Crippen LogP contribution is 2.20. The highest BCUT2D eigenvalue weighted by molar-refractivity contribution is 6.30. The van der Waals surface area contributed by atoms with Gasteiger partial charge in [0.15, 0.2) is 6.61 Å². The maximum Gasteiger partial charge on any atom is 0.312 e. The van der Waals surface area contributed by atoms with Gasteiger partial charge < -0.3 is 25.4 Å². The first-order valence-corrected chi connectivity index (χ1v) is 8.16. The van der Waals surface area contributed by atoms with Crippen LogP contribution >= 0.6 is 11.6 Å². The molecule has 1 aromatic rings. The molecule has 1 heterocycles. The van der Waals surface area contributed by atoms with Crippen molar-refractivity contribution in [2.75, 3.05) is 32.9 Å². The van der Waals surface area contributed by atoms with Crippen LogP contribution in [0.5, 0.6) is 0 Å². The average Bonchev–Trinajstić information content (AvgIpc) is 2.60. The summed E-state index contributed by atoms with van der Waals surface area (Å²) in [7, 11) is 0. The number of ether oxygens (including phenoxy) is 2. The quantitative estimate of drug-likeness (QED) is 0.722. The number of esters is 1. The lowest BCUT2D eigenvalue weighted by molar-refractivity contribution is -0.154. The van der Waals surface area contributed by atoms with E-state index in [9.17, 15) is 14.4 Å². The van der Waals surface area contributed by atoms with E-state index in [0.29, 0.717) is 36.9 Å². The third-order valence-corrected chi connectivity index (χ3v) is 3.93. The van der Waals surface area contributed by atoms with E-state index in [-0.39, 0.29) is 18.9 Å². The molecule has 3 amide bonds. The minimum Gasteiger partial charge on any atom is -0.455 e. The number of nitrogens with two attached hydrogens (primary N) is 1. The van der Waals surface area contributed by atoms with Crippen molar-refractivity contribution in [1.29, 1.82) is 0 Å². The summed E-state index contributed by atoms with van der Waals surface area (Å²) in [5.41, 5.74) is 5.81. The second-order valence-corrected chi connectivity index (χ2v) is 5.91. The molecule has 0 bridgehead atoms. The Labute approximate surface area is 150 Å². The van der Waals surface area contributed by atoms with Crippen molar-refractivity contribution in [3.8, 4) is 0 Å². The van der Waals surface area contributed by atoms with E-state index < -0.39 is 18.0 Å². The molecule has 1 aliphatic heterocycles. The standard InChI is InChI=1S/C16H20ClN3O5/c17-12-3-1-11(2-4-12)13(19-16(18)23)9-15(22)25-10-14(21)20-5-7-24-8-6-20/h1-4,13H,5-10H2,(H3,18,19,23)/t13-/m0/s1. The van der Waals surface area contributed by atoms with Gasteiger partial charge in [-0.25, -0.2) is 4.79 Å². The maximum absolute atomic E-state index is 12.0. The molecule has 0 unspecified atom stereocenters. The van der Waals surface area contributed by atoms with Gasteiger partial charge >= 0.3 is 12.0 Å². The van der Waals surface area contributed by atoms with E-state index in [2.05, 4.69) is 5.32 Å². The van der Waals surface area contributed by atoms with E-state index in [1.54, 1.807) is 29.2 Å². The molecule has 1 aliphatic rings. The molecular weight excluding hydrogens is 350 g/mol. The minimum absolute atomic E-state index is 0.152. The lowest BCUT2D eigenvalue weighted by Crippen LogP contribution is -2.43. The second-order valence-electron chi connectivity index (χ2n) is 5.47. The fraction of sp³-hybridized carbons (Fsp3) is 0.438. The van der Waals surface area contributed by atoms with Crippen LogP contribution in [0.2, 0.25) is 5.02 Å². The maximum atomic E-state index is 12.0. The van der Waals surface area contributed by atoms with Gasteiger partial charge in [-0.3, -0.25) is 9.59 Å². The number of hydrogen-bond donors (Lipinski definition) is 2. The third kappa shape index (κ3) is 6.24. The molecule has 1 aromatic carbocycles. The van der Waals surface area contributed by atoms with Gasteiger partial charge in [-0.1, -0.05) is 23.7 Å². The molecule has 0 spiro atoms. The Morgan fingerprint density at radius 2 is 1.88 bits per heavy atom. The normalized spacial score (nSPS) is 15.3. The summed E-state index contributed by atoms with van der Waals surface area (Å²) >= 11 is 5.83. The van der Waals surface area contributed by atoms with Crippen LogP contribution in [0.25, 0.3) is 0 Å². The van der Waals surface area contributed by atoms with E-state index in [4.69, 9.17) is 26.8 Å². The van der Waals surface area contributed by atoms with E-state index in [0.717, 1.165) is 0 Å². The van der Waals surface area contributed by atoms with Crippen molar-refractivity contribution in [2.45, 2.75) is 12.5 Å². The summed E-state index contributed by atoms with van der Waals surface area (Å²) in [6, 6.07) is 5.20. The highest BCUT2D eigenvalue weighted by Gasteiger charge is 2.21. The number of carbonyl (C=O) groups is 3. The molecule has 0 radical (unpaired) electrons. The summed E-state index contributed by atoms with van der Waals surface area (Å²) in [5.74, 6) is -0.891. The summed E-state index contributed by atoms with van der Waals surface area (Å²) in [5, 5.41) is 3.01. The molecule has 2 rings (SSSR count). The molecule has 9 heteroatoms. The van der Waals surface area contributed by atoms with Crippen molar-refractivity contribution in [2.24, 2.45) is 5.73 Å². The number of morpholine rings is 1. The van der Waals surface area contributed by atoms with E-state index >= 15 is 0 Å². The van der Waals surface area contributed by atoms with Crippen molar-refractivity contribution in [1.82, 2.24) is 10.2 Å². The zero-order valence-electron chi connectivity index (χ0n) is 13.6. The molecule has 1 saturated heterocycles. The van der Waals surface area contributed by atoms with Crippen LogP contribution < -0.4 is 11.1 Å². The van der Waals surface area contributed by atoms with Gasteiger partial charge in [0.2, 0.25) is 0 Å². The Hall–Kier alpha value is -2.32. The van der Waals surface area contributed by atoms with Gasteiger partial charge in [-0.05, 0) is 17.7 Å². The van der Waals surface area contributed by atoms with Crippen LogP contribution in [-0.4, -0.2) is 55.7 Å².